The van der Waals surface area contributed by atoms with Crippen LogP contribution in [-0.2, 0) is 0 Å². The van der Waals surface area contributed by atoms with E-state index in [9.17, 15) is 13.7 Å². The molecule has 1 aliphatic heterocycles. The quantitative estimate of drug-likeness (QED) is 0.616. The number of nitroso groups, excluding NO2 is 1. The van der Waals surface area contributed by atoms with Crippen molar-refractivity contribution in [3.05, 3.63) is 45.0 Å². The van der Waals surface area contributed by atoms with Gasteiger partial charge in [0.25, 0.3) is 6.43 Å². The predicted octanol–water partition coefficient (Wildman–Crippen LogP) is 3.95. The van der Waals surface area contributed by atoms with Gasteiger partial charge in [-0.25, -0.2) is 18.7 Å². The third kappa shape index (κ3) is 4.66. The summed E-state index contributed by atoms with van der Waals surface area (Å²) in [4.78, 5) is 21.0. The lowest BCUT2D eigenvalue weighted by atomic mass is 9.96. The van der Waals surface area contributed by atoms with Crippen LogP contribution in [0, 0.1) is 22.2 Å². The van der Waals surface area contributed by atoms with Gasteiger partial charge in [0.1, 0.15) is 18.3 Å². The standard InChI is InChI=1S/C18H19F2N5O2S/c19-18(20)16-17(28-11-23-16)14(9-24-26)25-6-3-12(4-7-25)10-27-15-2-1-5-22-13(15)8-21/h1-2,5,11-12,14,18H,3-4,6-7,9-10H2. The fourth-order valence-corrected chi connectivity index (χ4v) is 4.26. The molecule has 0 saturated carbocycles. The molecule has 10 heteroatoms. The van der Waals surface area contributed by atoms with Gasteiger partial charge in [0.05, 0.1) is 23.0 Å². The van der Waals surface area contributed by atoms with Crippen molar-refractivity contribution in [1.82, 2.24) is 14.9 Å². The number of thiazole rings is 1. The Morgan fingerprint density at radius 2 is 2.18 bits per heavy atom. The molecule has 0 spiro atoms. The van der Waals surface area contributed by atoms with Crippen molar-refractivity contribution in [3.8, 4) is 11.8 Å². The number of hydrogen-bond acceptors (Lipinski definition) is 8. The van der Waals surface area contributed by atoms with Crippen LogP contribution in [0.2, 0.25) is 0 Å². The molecule has 0 aromatic carbocycles. The molecular weight excluding hydrogens is 388 g/mol. The van der Waals surface area contributed by atoms with Gasteiger partial charge in [0.15, 0.2) is 11.4 Å². The molecule has 2 aromatic rings. The van der Waals surface area contributed by atoms with Crippen molar-refractivity contribution in [1.29, 1.82) is 5.26 Å². The van der Waals surface area contributed by atoms with Gasteiger partial charge in [-0.15, -0.1) is 11.3 Å². The first-order valence-electron chi connectivity index (χ1n) is 8.86. The number of aromatic nitrogens is 2. The summed E-state index contributed by atoms with van der Waals surface area (Å²) in [6, 6.07) is 4.95. The number of likely N-dealkylation sites (tertiary alicyclic amines) is 1. The predicted molar refractivity (Wildman–Crippen MR) is 99.2 cm³/mol. The number of pyridine rings is 1. The Bertz CT molecular complexity index is 833. The second-order valence-corrected chi connectivity index (χ2v) is 7.37. The van der Waals surface area contributed by atoms with Gasteiger partial charge < -0.3 is 4.74 Å². The van der Waals surface area contributed by atoms with E-state index in [4.69, 9.17) is 10.00 Å². The zero-order chi connectivity index (χ0) is 19.9. The van der Waals surface area contributed by atoms with E-state index in [-0.39, 0.29) is 23.9 Å². The molecule has 148 valence electrons. The molecule has 3 heterocycles. The third-order valence-electron chi connectivity index (χ3n) is 4.82. The number of hydrogen-bond donors (Lipinski definition) is 0. The Balaban J connectivity index is 1.59. The zero-order valence-corrected chi connectivity index (χ0v) is 15.8. The Morgan fingerprint density at radius 1 is 1.39 bits per heavy atom. The second kappa shape index (κ2) is 9.61. The molecule has 1 fully saturated rings. The van der Waals surface area contributed by atoms with E-state index in [0.717, 1.165) is 24.2 Å². The van der Waals surface area contributed by atoms with E-state index in [0.29, 0.717) is 30.3 Å². The fraction of sp³-hybridized carbons (Fsp3) is 0.500. The largest absolute Gasteiger partial charge is 0.490 e. The van der Waals surface area contributed by atoms with Crippen LogP contribution in [0.1, 0.15) is 41.6 Å². The molecule has 7 nitrogen and oxygen atoms in total. The van der Waals surface area contributed by atoms with Crippen molar-refractivity contribution in [2.24, 2.45) is 11.1 Å². The van der Waals surface area contributed by atoms with E-state index in [1.165, 1.54) is 11.7 Å². The molecule has 1 aliphatic rings. The van der Waals surface area contributed by atoms with Crippen LogP contribution < -0.4 is 4.74 Å². The van der Waals surface area contributed by atoms with Gasteiger partial charge in [-0.2, -0.15) is 10.2 Å². The highest BCUT2D eigenvalue weighted by atomic mass is 32.1. The maximum atomic E-state index is 13.2. The number of piperidine rings is 1. The van der Waals surface area contributed by atoms with Gasteiger partial charge in [-0.05, 0) is 44.0 Å². The normalized spacial score (nSPS) is 16.6. The van der Waals surface area contributed by atoms with Crippen LogP contribution in [0.25, 0.3) is 0 Å². The molecule has 1 saturated heterocycles. The summed E-state index contributed by atoms with van der Waals surface area (Å²) in [6.07, 6.45) is 0.453. The Kier molecular flexibility index (Phi) is 6.95. The fourth-order valence-electron chi connectivity index (χ4n) is 3.34. The minimum atomic E-state index is -2.67. The third-order valence-corrected chi connectivity index (χ3v) is 5.77. The van der Waals surface area contributed by atoms with Gasteiger partial charge in [0.2, 0.25) is 0 Å². The number of ether oxygens (including phenoxy) is 1. The first kappa shape index (κ1) is 20.2. The highest BCUT2D eigenvalue weighted by Crippen LogP contribution is 2.35. The highest BCUT2D eigenvalue weighted by Gasteiger charge is 2.31. The topological polar surface area (TPSA) is 91.5 Å². The SMILES string of the molecule is N#Cc1ncccc1OCC1CCN(C(CN=O)c2scnc2C(F)F)CC1. The summed E-state index contributed by atoms with van der Waals surface area (Å²) in [5.41, 5.74) is 1.38. The van der Waals surface area contributed by atoms with Crippen LogP contribution >= 0.6 is 11.3 Å². The molecule has 1 unspecified atom stereocenters. The molecular formula is C18H19F2N5O2S. The minimum Gasteiger partial charge on any atom is -0.490 e. The molecule has 0 N–H and O–H groups in total. The summed E-state index contributed by atoms with van der Waals surface area (Å²) >= 11 is 1.14. The molecule has 0 radical (unpaired) electrons. The Labute approximate surface area is 165 Å². The van der Waals surface area contributed by atoms with Crippen molar-refractivity contribution >= 4 is 11.3 Å². The van der Waals surface area contributed by atoms with E-state index in [1.54, 1.807) is 12.1 Å². The molecule has 0 aliphatic carbocycles. The van der Waals surface area contributed by atoms with Gasteiger partial charge in [-0.1, -0.05) is 5.18 Å². The van der Waals surface area contributed by atoms with E-state index >= 15 is 0 Å². The molecule has 0 bridgehead atoms. The van der Waals surface area contributed by atoms with Crippen LogP contribution in [0.3, 0.4) is 0 Å². The monoisotopic (exact) mass is 407 g/mol. The average molecular weight is 407 g/mol. The summed E-state index contributed by atoms with van der Waals surface area (Å²) < 4.78 is 32.1. The van der Waals surface area contributed by atoms with E-state index < -0.39 is 12.5 Å². The van der Waals surface area contributed by atoms with Crippen molar-refractivity contribution in [2.75, 3.05) is 26.2 Å². The van der Waals surface area contributed by atoms with Crippen LogP contribution in [0.5, 0.6) is 5.75 Å². The first-order valence-corrected chi connectivity index (χ1v) is 9.74. The first-order chi connectivity index (χ1) is 13.6. The molecule has 2 aromatic heterocycles. The minimum absolute atomic E-state index is 0.0791. The molecule has 0 amide bonds. The van der Waals surface area contributed by atoms with Gasteiger partial charge in [-0.3, -0.25) is 4.90 Å². The van der Waals surface area contributed by atoms with Crippen molar-refractivity contribution < 1.29 is 13.5 Å². The summed E-state index contributed by atoms with van der Waals surface area (Å²) in [5.74, 6) is 0.727. The highest BCUT2D eigenvalue weighted by molar-refractivity contribution is 7.09. The van der Waals surface area contributed by atoms with Gasteiger partial charge >= 0.3 is 0 Å². The molecule has 28 heavy (non-hydrogen) atoms. The lowest BCUT2D eigenvalue weighted by Crippen LogP contribution is -2.39. The molecule has 3 rings (SSSR count). The Morgan fingerprint density at radius 3 is 2.86 bits per heavy atom. The number of alkyl halides is 2. The number of halogens is 2. The molecule has 1 atom stereocenters. The smallest absolute Gasteiger partial charge is 0.281 e. The van der Waals surface area contributed by atoms with Crippen molar-refractivity contribution in [2.45, 2.75) is 25.3 Å². The number of rotatable bonds is 8. The van der Waals surface area contributed by atoms with Crippen LogP contribution in [-0.4, -0.2) is 41.1 Å². The van der Waals surface area contributed by atoms with E-state index in [2.05, 4.69) is 15.1 Å². The van der Waals surface area contributed by atoms with Crippen LogP contribution in [0.15, 0.2) is 29.0 Å². The lowest BCUT2D eigenvalue weighted by molar-refractivity contribution is 0.105. The zero-order valence-electron chi connectivity index (χ0n) is 15.0. The van der Waals surface area contributed by atoms with Crippen LogP contribution in [0.4, 0.5) is 8.78 Å². The average Bonchev–Trinajstić information content (AvgIpc) is 3.21. The van der Waals surface area contributed by atoms with Gasteiger partial charge in [0, 0.05) is 6.20 Å². The summed E-state index contributed by atoms with van der Waals surface area (Å²) in [5, 5.41) is 12.0. The number of nitrogens with zero attached hydrogens (tertiary/aromatic N) is 5. The van der Waals surface area contributed by atoms with E-state index in [1.807, 2.05) is 11.0 Å². The maximum Gasteiger partial charge on any atom is 0.281 e. The number of nitriles is 1. The summed E-state index contributed by atoms with van der Waals surface area (Å²) in [7, 11) is 0. The maximum absolute atomic E-state index is 13.2. The second-order valence-electron chi connectivity index (χ2n) is 6.48. The Hall–Kier alpha value is -2.51. The van der Waals surface area contributed by atoms with Crippen molar-refractivity contribution in [3.63, 3.8) is 0 Å². The summed E-state index contributed by atoms with van der Waals surface area (Å²) in [6.45, 7) is 1.66. The lowest BCUT2D eigenvalue weighted by Gasteiger charge is -2.36.